The third-order valence-electron chi connectivity index (χ3n) is 3.65. The van der Waals surface area contributed by atoms with Gasteiger partial charge in [0, 0.05) is 18.9 Å². The molecule has 6 heteroatoms. The van der Waals surface area contributed by atoms with E-state index in [0.717, 1.165) is 25.9 Å². The van der Waals surface area contributed by atoms with Gasteiger partial charge in [-0.2, -0.15) is 5.10 Å². The molecule has 1 atom stereocenters. The number of hydrogen-bond donors (Lipinski definition) is 2. The fraction of sp³-hybridized carbons (Fsp3) is 0.333. The van der Waals surface area contributed by atoms with Gasteiger partial charge in [0.05, 0.1) is 16.6 Å². The number of nitrogens with zero attached hydrogens (tertiary/aromatic N) is 2. The topological polar surface area (TPSA) is 59.0 Å². The highest BCUT2D eigenvalue weighted by atomic mass is 35.5. The first-order valence-corrected chi connectivity index (χ1v) is 7.43. The Balaban J connectivity index is 1.85. The number of anilines is 1. The number of carbonyl (C=O) groups excluding carboxylic acids is 1. The van der Waals surface area contributed by atoms with Crippen LogP contribution < -0.4 is 10.6 Å². The van der Waals surface area contributed by atoms with Crippen LogP contribution in [0.4, 0.5) is 5.69 Å². The van der Waals surface area contributed by atoms with E-state index in [2.05, 4.69) is 15.7 Å². The number of benzene rings is 1. The summed E-state index contributed by atoms with van der Waals surface area (Å²) in [6.45, 7) is 1.71. The molecule has 2 aromatic rings. The summed E-state index contributed by atoms with van der Waals surface area (Å²) in [6, 6.07) is 7.28. The summed E-state index contributed by atoms with van der Waals surface area (Å²) in [4.78, 5) is 12.4. The average molecular weight is 305 g/mol. The molecule has 1 saturated heterocycles. The summed E-state index contributed by atoms with van der Waals surface area (Å²) >= 11 is 6.27. The quantitative estimate of drug-likeness (QED) is 0.916. The Kier molecular flexibility index (Phi) is 4.22. The van der Waals surface area contributed by atoms with Crippen LogP contribution in [0, 0.1) is 5.92 Å². The van der Waals surface area contributed by atoms with E-state index in [1.807, 2.05) is 18.2 Å². The number of amides is 1. The first-order chi connectivity index (χ1) is 10.3. The molecule has 1 aromatic carbocycles. The summed E-state index contributed by atoms with van der Waals surface area (Å²) in [5, 5.41) is 11.0. The van der Waals surface area contributed by atoms with Gasteiger partial charge in [0.25, 0.3) is 0 Å². The lowest BCUT2D eigenvalue weighted by molar-refractivity contribution is -0.120. The molecule has 110 valence electrons. The van der Waals surface area contributed by atoms with Crippen LogP contribution in [0.5, 0.6) is 0 Å². The minimum atomic E-state index is 0.00297. The van der Waals surface area contributed by atoms with Crippen LogP contribution in [0.1, 0.15) is 12.8 Å². The van der Waals surface area contributed by atoms with Crippen molar-refractivity contribution in [1.29, 1.82) is 0 Å². The van der Waals surface area contributed by atoms with Crippen molar-refractivity contribution in [2.45, 2.75) is 12.8 Å². The van der Waals surface area contributed by atoms with Crippen molar-refractivity contribution in [3.05, 3.63) is 41.7 Å². The van der Waals surface area contributed by atoms with Gasteiger partial charge in [-0.25, -0.2) is 4.68 Å². The Morgan fingerprint density at radius 2 is 2.33 bits per heavy atom. The SMILES string of the molecule is O=C(Nc1cccc(Cl)c1-n1cccn1)[C@H]1CCCNC1. The molecular weight excluding hydrogens is 288 g/mol. The molecule has 1 aliphatic heterocycles. The molecule has 0 unspecified atom stereocenters. The van der Waals surface area contributed by atoms with Gasteiger partial charge in [-0.05, 0) is 37.6 Å². The molecular formula is C15H17ClN4O. The summed E-state index contributed by atoms with van der Waals surface area (Å²) in [7, 11) is 0. The smallest absolute Gasteiger partial charge is 0.228 e. The van der Waals surface area contributed by atoms with Gasteiger partial charge in [-0.15, -0.1) is 0 Å². The van der Waals surface area contributed by atoms with Crippen LogP contribution in [0.3, 0.4) is 0 Å². The maximum atomic E-state index is 12.4. The van der Waals surface area contributed by atoms with E-state index in [1.165, 1.54) is 0 Å². The fourth-order valence-electron chi connectivity index (χ4n) is 2.56. The van der Waals surface area contributed by atoms with Crippen molar-refractivity contribution in [3.8, 4) is 5.69 Å². The van der Waals surface area contributed by atoms with Gasteiger partial charge < -0.3 is 10.6 Å². The van der Waals surface area contributed by atoms with E-state index < -0.39 is 0 Å². The molecule has 5 nitrogen and oxygen atoms in total. The van der Waals surface area contributed by atoms with Gasteiger partial charge in [-0.3, -0.25) is 4.79 Å². The van der Waals surface area contributed by atoms with Crippen LogP contribution in [0.2, 0.25) is 5.02 Å². The lowest BCUT2D eigenvalue weighted by atomic mass is 9.99. The molecule has 0 radical (unpaired) electrons. The highest BCUT2D eigenvalue weighted by Crippen LogP contribution is 2.28. The van der Waals surface area contributed by atoms with Gasteiger partial charge in [-0.1, -0.05) is 17.7 Å². The van der Waals surface area contributed by atoms with E-state index in [9.17, 15) is 4.79 Å². The summed E-state index contributed by atoms with van der Waals surface area (Å²) in [5.41, 5.74) is 1.38. The maximum absolute atomic E-state index is 12.4. The van der Waals surface area contributed by atoms with E-state index in [4.69, 9.17) is 11.6 Å². The molecule has 1 aliphatic rings. The maximum Gasteiger partial charge on any atom is 0.228 e. The minimum Gasteiger partial charge on any atom is -0.324 e. The van der Waals surface area contributed by atoms with Crippen molar-refractivity contribution >= 4 is 23.2 Å². The molecule has 0 aliphatic carbocycles. The van der Waals surface area contributed by atoms with E-state index in [0.29, 0.717) is 16.4 Å². The number of halogens is 1. The second kappa shape index (κ2) is 6.28. The average Bonchev–Trinajstić information content (AvgIpc) is 3.02. The standard InChI is InChI=1S/C15H17ClN4O/c16-12-5-1-6-13(14(12)20-9-3-8-18-20)19-15(21)11-4-2-7-17-10-11/h1,3,5-6,8-9,11,17H,2,4,7,10H2,(H,19,21)/t11-/m0/s1. The van der Waals surface area contributed by atoms with Crippen LogP contribution >= 0.6 is 11.6 Å². The van der Waals surface area contributed by atoms with Crippen molar-refractivity contribution in [1.82, 2.24) is 15.1 Å². The van der Waals surface area contributed by atoms with Gasteiger partial charge >= 0.3 is 0 Å². The number of rotatable bonds is 3. The molecule has 0 spiro atoms. The first kappa shape index (κ1) is 14.1. The lowest BCUT2D eigenvalue weighted by Gasteiger charge is -2.22. The first-order valence-electron chi connectivity index (χ1n) is 7.06. The van der Waals surface area contributed by atoms with E-state index >= 15 is 0 Å². The van der Waals surface area contributed by atoms with Crippen molar-refractivity contribution < 1.29 is 4.79 Å². The Hall–Kier alpha value is -1.85. The Labute approximate surface area is 128 Å². The number of para-hydroxylation sites is 1. The van der Waals surface area contributed by atoms with Gasteiger partial charge in [0.1, 0.15) is 5.69 Å². The van der Waals surface area contributed by atoms with Crippen LogP contribution in [0.15, 0.2) is 36.7 Å². The van der Waals surface area contributed by atoms with Crippen molar-refractivity contribution in [3.63, 3.8) is 0 Å². The second-order valence-corrected chi connectivity index (χ2v) is 5.53. The molecule has 3 rings (SSSR count). The third-order valence-corrected chi connectivity index (χ3v) is 3.95. The Morgan fingerprint density at radius 3 is 3.05 bits per heavy atom. The molecule has 0 bridgehead atoms. The molecule has 1 aromatic heterocycles. The van der Waals surface area contributed by atoms with Crippen LogP contribution in [-0.2, 0) is 4.79 Å². The van der Waals surface area contributed by atoms with Gasteiger partial charge in [0.15, 0.2) is 0 Å². The molecule has 1 amide bonds. The summed E-state index contributed by atoms with van der Waals surface area (Å²) < 4.78 is 1.66. The highest BCUT2D eigenvalue weighted by molar-refractivity contribution is 6.33. The number of hydrogen-bond acceptors (Lipinski definition) is 3. The number of nitrogens with one attached hydrogen (secondary N) is 2. The lowest BCUT2D eigenvalue weighted by Crippen LogP contribution is -2.37. The van der Waals surface area contributed by atoms with Crippen LogP contribution in [-0.4, -0.2) is 28.8 Å². The summed E-state index contributed by atoms with van der Waals surface area (Å²) in [6.07, 6.45) is 5.43. The van der Waals surface area contributed by atoms with Crippen molar-refractivity contribution in [2.75, 3.05) is 18.4 Å². The summed E-state index contributed by atoms with van der Waals surface area (Å²) in [5.74, 6) is 0.0288. The number of piperidine rings is 1. The zero-order chi connectivity index (χ0) is 14.7. The molecule has 2 N–H and O–H groups in total. The molecule has 0 saturated carbocycles. The fourth-order valence-corrected chi connectivity index (χ4v) is 2.82. The third kappa shape index (κ3) is 3.09. The van der Waals surface area contributed by atoms with E-state index in [-0.39, 0.29) is 11.8 Å². The largest absolute Gasteiger partial charge is 0.324 e. The van der Waals surface area contributed by atoms with Gasteiger partial charge in [0.2, 0.25) is 5.91 Å². The number of carbonyl (C=O) groups is 1. The van der Waals surface area contributed by atoms with Crippen molar-refractivity contribution in [2.24, 2.45) is 5.92 Å². The van der Waals surface area contributed by atoms with E-state index in [1.54, 1.807) is 23.1 Å². The monoisotopic (exact) mass is 304 g/mol. The van der Waals surface area contributed by atoms with Crippen LogP contribution in [0.25, 0.3) is 5.69 Å². The Morgan fingerprint density at radius 1 is 1.43 bits per heavy atom. The highest BCUT2D eigenvalue weighted by Gasteiger charge is 2.22. The predicted octanol–water partition coefficient (Wildman–Crippen LogP) is 2.46. The minimum absolute atomic E-state index is 0.00297. The second-order valence-electron chi connectivity index (χ2n) is 5.12. The molecule has 2 heterocycles. The predicted molar refractivity (Wildman–Crippen MR) is 82.8 cm³/mol. The zero-order valence-electron chi connectivity index (χ0n) is 11.6. The zero-order valence-corrected chi connectivity index (χ0v) is 12.3. The number of aromatic nitrogens is 2. The molecule has 1 fully saturated rings. The Bertz CT molecular complexity index is 621. The normalized spacial score (nSPS) is 18.4. The molecule has 21 heavy (non-hydrogen) atoms.